The van der Waals surface area contributed by atoms with Gasteiger partial charge in [-0.25, -0.2) is 4.79 Å². The van der Waals surface area contributed by atoms with Crippen molar-refractivity contribution in [2.45, 2.75) is 58.4 Å². The summed E-state index contributed by atoms with van der Waals surface area (Å²) in [5.74, 6) is 1.36. The van der Waals surface area contributed by atoms with Crippen LogP contribution >= 0.6 is 0 Å². The fraction of sp³-hybridized carbons (Fsp3) is 0.800. The van der Waals surface area contributed by atoms with Crippen LogP contribution in [0.4, 0.5) is 4.79 Å². The first-order chi connectivity index (χ1) is 8.69. The molecule has 0 radical (unpaired) electrons. The Morgan fingerprint density at radius 3 is 2.50 bits per heavy atom. The van der Waals surface area contributed by atoms with Gasteiger partial charge in [-0.15, -0.1) is 0 Å². The Kier molecular flexibility index (Phi) is 4.67. The van der Waals surface area contributed by atoms with Crippen molar-refractivity contribution in [3.63, 3.8) is 0 Å². The highest BCUT2D eigenvalue weighted by Gasteiger charge is 2.25. The Hall–Kier alpha value is -0.990. The normalized spacial score (nSPS) is 28.9. The third-order valence-electron chi connectivity index (χ3n) is 4.30. The Morgan fingerprint density at radius 2 is 1.94 bits per heavy atom. The van der Waals surface area contributed by atoms with Crippen LogP contribution in [0, 0.1) is 11.8 Å². The van der Waals surface area contributed by atoms with Gasteiger partial charge in [-0.05, 0) is 64.2 Å². The quantitative estimate of drug-likeness (QED) is 0.772. The van der Waals surface area contributed by atoms with E-state index in [1.165, 1.54) is 31.3 Å². The highest BCUT2D eigenvalue weighted by atomic mass is 16.5. The molecule has 0 bridgehead atoms. The van der Waals surface area contributed by atoms with Crippen LogP contribution in [0.5, 0.6) is 0 Å². The molecule has 1 N–H and O–H groups in total. The van der Waals surface area contributed by atoms with Crippen molar-refractivity contribution in [3.05, 3.63) is 11.6 Å². The second-order valence-electron chi connectivity index (χ2n) is 5.77. The summed E-state index contributed by atoms with van der Waals surface area (Å²) in [6.45, 7) is 4.93. The summed E-state index contributed by atoms with van der Waals surface area (Å²) >= 11 is 0. The smallest absolute Gasteiger partial charge is 0.407 e. The summed E-state index contributed by atoms with van der Waals surface area (Å²) in [7, 11) is 0. The van der Waals surface area contributed by atoms with Crippen molar-refractivity contribution in [3.8, 4) is 0 Å². The second-order valence-corrected chi connectivity index (χ2v) is 5.77. The summed E-state index contributed by atoms with van der Waals surface area (Å²) in [5, 5.41) is 3.00. The number of amides is 1. The maximum atomic E-state index is 11.6. The molecule has 0 aromatic heterocycles. The van der Waals surface area contributed by atoms with Crippen LogP contribution in [0.15, 0.2) is 11.6 Å². The zero-order valence-electron chi connectivity index (χ0n) is 11.6. The first kappa shape index (κ1) is 13.4. The predicted molar refractivity (Wildman–Crippen MR) is 74.5 cm³/mol. The molecule has 2 saturated carbocycles. The first-order valence-corrected chi connectivity index (χ1v) is 7.25. The lowest BCUT2D eigenvalue weighted by Crippen LogP contribution is -2.38. The minimum Gasteiger partial charge on any atom is -0.449 e. The number of allylic oxidation sites excluding steroid dienone is 2. The summed E-state index contributed by atoms with van der Waals surface area (Å²) in [4.78, 5) is 11.6. The van der Waals surface area contributed by atoms with Crippen molar-refractivity contribution in [1.82, 2.24) is 5.32 Å². The molecule has 0 atom stereocenters. The fourth-order valence-corrected chi connectivity index (χ4v) is 2.62. The average Bonchev–Trinajstić information content (AvgIpc) is 3.20. The average molecular weight is 253 g/mol. The van der Waals surface area contributed by atoms with E-state index in [1.807, 2.05) is 0 Å². The summed E-state index contributed by atoms with van der Waals surface area (Å²) in [6, 6.07) is 0.317. The van der Waals surface area contributed by atoms with Gasteiger partial charge in [-0.3, -0.25) is 0 Å². The van der Waals surface area contributed by atoms with Crippen molar-refractivity contribution in [1.29, 1.82) is 0 Å². The van der Waals surface area contributed by atoms with E-state index >= 15 is 0 Å². The molecule has 0 aliphatic heterocycles. The van der Waals surface area contributed by atoms with Gasteiger partial charge >= 0.3 is 6.09 Å². The standard InChI is InChI=1S/C15H25NO2.H2/c1-3-11(2)13-6-8-14(9-7-13)16-15(17)18-10-12-4-5-12;/h3,12-14H,4-10H2,1-2H3,(H,16,17);1H/b11-3-;. The molecule has 2 rings (SSSR count). The van der Waals surface area contributed by atoms with E-state index in [0.717, 1.165) is 18.8 Å². The van der Waals surface area contributed by atoms with Crippen LogP contribution < -0.4 is 5.32 Å². The lowest BCUT2D eigenvalue weighted by Gasteiger charge is -2.29. The number of nitrogens with one attached hydrogen (secondary N) is 1. The Labute approximate surface area is 111 Å². The van der Waals surface area contributed by atoms with Crippen LogP contribution in [-0.2, 0) is 4.74 Å². The van der Waals surface area contributed by atoms with Gasteiger partial charge in [0.15, 0.2) is 0 Å². The molecule has 0 aromatic rings. The van der Waals surface area contributed by atoms with Gasteiger partial charge in [0.25, 0.3) is 0 Å². The number of ether oxygens (including phenoxy) is 1. The maximum Gasteiger partial charge on any atom is 0.407 e. The fourth-order valence-electron chi connectivity index (χ4n) is 2.62. The van der Waals surface area contributed by atoms with E-state index in [4.69, 9.17) is 4.74 Å². The Bertz CT molecular complexity index is 318. The van der Waals surface area contributed by atoms with Gasteiger partial charge in [0, 0.05) is 7.47 Å². The largest absolute Gasteiger partial charge is 0.449 e. The van der Waals surface area contributed by atoms with Crippen molar-refractivity contribution < 1.29 is 11.0 Å². The molecule has 1 amide bonds. The van der Waals surface area contributed by atoms with Crippen LogP contribution in [0.1, 0.15) is 53.8 Å². The summed E-state index contributed by atoms with van der Waals surface area (Å²) < 4.78 is 5.20. The first-order valence-electron chi connectivity index (χ1n) is 7.25. The van der Waals surface area contributed by atoms with Crippen LogP contribution in [0.25, 0.3) is 0 Å². The van der Waals surface area contributed by atoms with Crippen molar-refractivity contribution >= 4 is 6.09 Å². The molecule has 3 nitrogen and oxygen atoms in total. The zero-order chi connectivity index (χ0) is 13.0. The van der Waals surface area contributed by atoms with E-state index in [2.05, 4.69) is 25.2 Å². The molecule has 2 fully saturated rings. The number of carbonyl (C=O) groups excluding carboxylic acids is 1. The Balaban J connectivity index is 0.00000180. The monoisotopic (exact) mass is 253 g/mol. The lowest BCUT2D eigenvalue weighted by molar-refractivity contribution is 0.133. The highest BCUT2D eigenvalue weighted by molar-refractivity contribution is 5.67. The second kappa shape index (κ2) is 6.26. The number of rotatable bonds is 4. The van der Waals surface area contributed by atoms with Crippen LogP contribution in [0.2, 0.25) is 0 Å². The Morgan fingerprint density at radius 1 is 1.28 bits per heavy atom. The highest BCUT2D eigenvalue weighted by Crippen LogP contribution is 2.30. The molecule has 0 unspecified atom stereocenters. The number of hydrogen-bond acceptors (Lipinski definition) is 2. The third-order valence-corrected chi connectivity index (χ3v) is 4.30. The minimum atomic E-state index is -0.215. The van der Waals surface area contributed by atoms with Gasteiger partial charge in [-0.2, -0.15) is 0 Å². The number of hydrogen-bond donors (Lipinski definition) is 1. The molecule has 0 heterocycles. The topological polar surface area (TPSA) is 38.3 Å². The molecule has 18 heavy (non-hydrogen) atoms. The molecule has 2 aliphatic rings. The van der Waals surface area contributed by atoms with E-state index in [-0.39, 0.29) is 7.52 Å². The molecule has 104 valence electrons. The number of alkyl carbamates (subject to hydrolysis) is 1. The van der Waals surface area contributed by atoms with Gasteiger partial charge in [0.2, 0.25) is 0 Å². The molecule has 0 saturated heterocycles. The van der Waals surface area contributed by atoms with Gasteiger partial charge in [0.1, 0.15) is 0 Å². The van der Waals surface area contributed by atoms with Gasteiger partial charge < -0.3 is 10.1 Å². The van der Waals surface area contributed by atoms with Crippen LogP contribution in [-0.4, -0.2) is 18.7 Å². The van der Waals surface area contributed by atoms with Crippen molar-refractivity contribution in [2.75, 3.05) is 6.61 Å². The maximum absolute atomic E-state index is 11.6. The minimum absolute atomic E-state index is 0. The van der Waals surface area contributed by atoms with Gasteiger partial charge in [0.05, 0.1) is 6.61 Å². The van der Waals surface area contributed by atoms with E-state index < -0.39 is 0 Å². The summed E-state index contributed by atoms with van der Waals surface area (Å²) in [5.41, 5.74) is 1.49. The van der Waals surface area contributed by atoms with Crippen LogP contribution in [0.3, 0.4) is 0 Å². The SMILES string of the molecule is C/C=C(/C)C1CCC(NC(=O)OCC2CC2)CC1.[HH]. The van der Waals surface area contributed by atoms with Gasteiger partial charge in [-0.1, -0.05) is 11.6 Å². The molecular formula is C15H27NO2. The van der Waals surface area contributed by atoms with E-state index in [0.29, 0.717) is 18.6 Å². The third kappa shape index (κ3) is 4.04. The molecule has 2 aliphatic carbocycles. The molecule has 3 heteroatoms. The van der Waals surface area contributed by atoms with E-state index in [9.17, 15) is 4.79 Å². The summed E-state index contributed by atoms with van der Waals surface area (Å²) in [6.07, 6.45) is 8.97. The molecule has 0 spiro atoms. The lowest BCUT2D eigenvalue weighted by atomic mass is 9.82. The molecular weight excluding hydrogens is 226 g/mol. The molecule has 0 aromatic carbocycles. The predicted octanol–water partition coefficient (Wildman–Crippen LogP) is 3.89. The van der Waals surface area contributed by atoms with E-state index in [1.54, 1.807) is 0 Å². The zero-order valence-corrected chi connectivity index (χ0v) is 11.6. The number of carbonyl (C=O) groups is 1. The van der Waals surface area contributed by atoms with Crippen molar-refractivity contribution in [2.24, 2.45) is 11.8 Å².